The van der Waals surface area contributed by atoms with E-state index in [1.165, 1.54) is 30.1 Å². The van der Waals surface area contributed by atoms with Crippen LogP contribution in [0.5, 0.6) is 0 Å². The van der Waals surface area contributed by atoms with Crippen LogP contribution in [0, 0.1) is 0 Å². The first-order chi connectivity index (χ1) is 6.24. The minimum absolute atomic E-state index is 0.474. The van der Waals surface area contributed by atoms with Crippen molar-refractivity contribution in [3.8, 4) is 0 Å². The Bertz CT molecular complexity index is 96.7. The molecule has 0 saturated carbocycles. The van der Waals surface area contributed by atoms with Crippen molar-refractivity contribution in [1.29, 1.82) is 0 Å². The zero-order valence-corrected chi connectivity index (χ0v) is 11.3. The Balaban J connectivity index is 4.26. The molecule has 0 aliphatic heterocycles. The summed E-state index contributed by atoms with van der Waals surface area (Å²) in [6.45, 7) is 14.2. The molecule has 0 aromatic rings. The van der Waals surface area contributed by atoms with E-state index in [9.17, 15) is 0 Å². The molecular formula is C11H26AlN. The standard InChI is InChI=1S/C7H16N.2C2H5.Al/c1-4-7-8(5-2)6-3;2*1-2;/h7H,4-6H2,1-3H3;2*1H2,2H3;. The van der Waals surface area contributed by atoms with Crippen molar-refractivity contribution in [2.45, 2.75) is 56.5 Å². The highest BCUT2D eigenvalue weighted by Crippen LogP contribution is 2.14. The van der Waals surface area contributed by atoms with Gasteiger partial charge in [-0.3, -0.25) is 0 Å². The van der Waals surface area contributed by atoms with Gasteiger partial charge in [0, 0.05) is 0 Å². The summed E-state index contributed by atoms with van der Waals surface area (Å²) in [5.74, 6) is 0. The van der Waals surface area contributed by atoms with Crippen molar-refractivity contribution >= 4 is 14.1 Å². The van der Waals surface area contributed by atoms with Crippen LogP contribution in [-0.2, 0) is 0 Å². The maximum absolute atomic E-state index is 2.67. The van der Waals surface area contributed by atoms with Crippen LogP contribution in [0.25, 0.3) is 0 Å². The molecule has 0 aromatic heterocycles. The van der Waals surface area contributed by atoms with Gasteiger partial charge in [0.2, 0.25) is 0 Å². The highest BCUT2D eigenvalue weighted by Gasteiger charge is 2.26. The predicted octanol–water partition coefficient (Wildman–Crippen LogP) is 3.18. The van der Waals surface area contributed by atoms with Gasteiger partial charge in [-0.1, -0.05) is 51.6 Å². The van der Waals surface area contributed by atoms with E-state index in [-0.39, 0.29) is 0 Å². The van der Waals surface area contributed by atoms with Gasteiger partial charge in [-0.15, -0.1) is 0 Å². The smallest absolute Gasteiger partial charge is 0.286 e. The van der Waals surface area contributed by atoms with E-state index in [2.05, 4.69) is 39.5 Å². The van der Waals surface area contributed by atoms with Crippen LogP contribution in [0.2, 0.25) is 10.6 Å². The van der Waals surface area contributed by atoms with Crippen LogP contribution in [0.15, 0.2) is 0 Å². The molecule has 2 heteroatoms. The summed E-state index contributed by atoms with van der Waals surface area (Å²) in [5, 5.41) is 2.93. The van der Waals surface area contributed by atoms with Crippen LogP contribution >= 0.6 is 0 Å². The number of hydrogen-bond acceptors (Lipinski definition) is 1. The molecule has 0 radical (unpaired) electrons. The molecule has 0 bridgehead atoms. The molecule has 1 atom stereocenters. The molecule has 1 unspecified atom stereocenters. The van der Waals surface area contributed by atoms with Gasteiger partial charge in [0.15, 0.2) is 0 Å². The van der Waals surface area contributed by atoms with E-state index in [4.69, 9.17) is 0 Å². The average Bonchev–Trinajstić information content (AvgIpc) is 2.18. The molecule has 0 amide bonds. The van der Waals surface area contributed by atoms with E-state index in [0.717, 1.165) is 4.90 Å². The zero-order chi connectivity index (χ0) is 10.3. The minimum atomic E-state index is -0.474. The molecule has 1 nitrogen and oxygen atoms in total. The van der Waals surface area contributed by atoms with E-state index in [0.29, 0.717) is 0 Å². The number of hydrogen-bond donors (Lipinski definition) is 0. The highest BCUT2D eigenvalue weighted by molar-refractivity contribution is 6.60. The van der Waals surface area contributed by atoms with Crippen molar-refractivity contribution in [1.82, 2.24) is 4.90 Å². The molecule has 0 heterocycles. The van der Waals surface area contributed by atoms with Gasteiger partial charge in [0.05, 0.1) is 0 Å². The lowest BCUT2D eigenvalue weighted by Gasteiger charge is -2.32. The predicted molar refractivity (Wildman–Crippen MR) is 63.7 cm³/mol. The van der Waals surface area contributed by atoms with Crippen LogP contribution in [0.1, 0.15) is 41.0 Å². The van der Waals surface area contributed by atoms with Gasteiger partial charge in [-0.25, -0.2) is 0 Å². The van der Waals surface area contributed by atoms with Gasteiger partial charge in [0.1, 0.15) is 0 Å². The fourth-order valence-electron chi connectivity index (χ4n) is 2.42. The maximum atomic E-state index is 2.67. The molecule has 0 N–H and O–H groups in total. The molecule has 0 aromatic carbocycles. The fourth-order valence-corrected chi connectivity index (χ4v) is 5.77. The molecule has 0 fully saturated rings. The van der Waals surface area contributed by atoms with Gasteiger partial charge in [-0.05, 0) is 18.0 Å². The third-order valence-electron chi connectivity index (χ3n) is 3.29. The van der Waals surface area contributed by atoms with Gasteiger partial charge >= 0.3 is 0 Å². The number of rotatable bonds is 7. The van der Waals surface area contributed by atoms with Crippen LogP contribution < -0.4 is 0 Å². The van der Waals surface area contributed by atoms with Crippen molar-refractivity contribution in [2.24, 2.45) is 0 Å². The summed E-state index contributed by atoms with van der Waals surface area (Å²) in [4.78, 5) is 3.62. The lowest BCUT2D eigenvalue weighted by Crippen LogP contribution is -2.45. The molecule has 0 aliphatic rings. The Hall–Kier alpha value is 0.492. The normalized spacial score (nSPS) is 13.4. The largest absolute Gasteiger partial charge is 0.314 e. The first kappa shape index (κ1) is 13.5. The third-order valence-corrected chi connectivity index (χ3v) is 7.37. The summed E-state index contributed by atoms with van der Waals surface area (Å²) in [6.07, 6.45) is 1.36. The third kappa shape index (κ3) is 4.02. The summed E-state index contributed by atoms with van der Waals surface area (Å²) in [5.41, 5.74) is 0. The molecule has 78 valence electrons. The van der Waals surface area contributed by atoms with Crippen molar-refractivity contribution in [3.63, 3.8) is 0 Å². The lowest BCUT2D eigenvalue weighted by atomic mass is 10.4. The lowest BCUT2D eigenvalue weighted by molar-refractivity contribution is 0.266. The SMILES string of the molecule is CC[CH](N(CC)CC)[Al]([CH2]C)[CH2]C. The maximum Gasteiger partial charge on any atom is 0.286 e. The molecule has 13 heavy (non-hydrogen) atoms. The van der Waals surface area contributed by atoms with Crippen molar-refractivity contribution < 1.29 is 0 Å². The minimum Gasteiger partial charge on any atom is -0.314 e. The van der Waals surface area contributed by atoms with Gasteiger partial charge < -0.3 is 4.90 Å². The average molecular weight is 199 g/mol. The first-order valence-electron chi connectivity index (χ1n) is 5.98. The van der Waals surface area contributed by atoms with E-state index < -0.39 is 14.1 Å². The van der Waals surface area contributed by atoms with Crippen LogP contribution in [0.4, 0.5) is 0 Å². The van der Waals surface area contributed by atoms with Gasteiger partial charge in [0.25, 0.3) is 14.1 Å². The summed E-state index contributed by atoms with van der Waals surface area (Å²) < 4.78 is 0. The Morgan fingerprint density at radius 2 is 1.38 bits per heavy atom. The molecule has 0 aliphatic carbocycles. The van der Waals surface area contributed by atoms with Crippen LogP contribution in [0.3, 0.4) is 0 Å². The quantitative estimate of drug-likeness (QED) is 0.569. The van der Waals surface area contributed by atoms with E-state index >= 15 is 0 Å². The highest BCUT2D eigenvalue weighted by atomic mass is 27.2. The Labute approximate surface area is 88.9 Å². The van der Waals surface area contributed by atoms with E-state index in [1.807, 2.05) is 0 Å². The Morgan fingerprint density at radius 1 is 0.923 bits per heavy atom. The second-order valence-electron chi connectivity index (χ2n) is 3.77. The first-order valence-corrected chi connectivity index (χ1v) is 8.28. The Kier molecular flexibility index (Phi) is 8.15. The topological polar surface area (TPSA) is 3.24 Å². The van der Waals surface area contributed by atoms with Crippen molar-refractivity contribution in [2.75, 3.05) is 13.1 Å². The second kappa shape index (κ2) is 7.86. The zero-order valence-electron chi connectivity index (χ0n) is 10.1. The van der Waals surface area contributed by atoms with Crippen molar-refractivity contribution in [3.05, 3.63) is 0 Å². The van der Waals surface area contributed by atoms with E-state index in [1.54, 1.807) is 0 Å². The van der Waals surface area contributed by atoms with Gasteiger partial charge in [-0.2, -0.15) is 0 Å². The molecule has 0 rings (SSSR count). The monoisotopic (exact) mass is 199 g/mol. The fraction of sp³-hybridized carbons (Fsp3) is 1.00. The Morgan fingerprint density at radius 3 is 1.62 bits per heavy atom. The molecular weight excluding hydrogens is 173 g/mol. The second-order valence-corrected chi connectivity index (χ2v) is 7.70. The molecule has 0 saturated heterocycles. The molecule has 0 spiro atoms. The van der Waals surface area contributed by atoms with Crippen LogP contribution in [-0.4, -0.2) is 37.0 Å². The summed E-state index contributed by atoms with van der Waals surface area (Å²) in [6, 6.07) is 0. The number of nitrogens with zero attached hydrogens (tertiary/aromatic N) is 1. The summed E-state index contributed by atoms with van der Waals surface area (Å²) in [7, 11) is 0. The summed E-state index contributed by atoms with van der Waals surface area (Å²) >= 11 is -0.474.